The van der Waals surface area contributed by atoms with Crippen LogP contribution < -0.4 is 9.13 Å². The summed E-state index contributed by atoms with van der Waals surface area (Å²) in [5, 5.41) is 8.67. The lowest BCUT2D eigenvalue weighted by molar-refractivity contribution is -0.690. The van der Waals surface area contributed by atoms with E-state index < -0.39 is 0 Å². The Hall–Kier alpha value is -3.60. The molecular formula is C32H26N2S2+2. The third kappa shape index (κ3) is 3.87. The highest BCUT2D eigenvalue weighted by atomic mass is 32.1. The zero-order valence-electron chi connectivity index (χ0n) is 19.9. The number of aryl methyl sites for hydroxylation is 3. The first-order chi connectivity index (χ1) is 17.8. The lowest BCUT2D eigenvalue weighted by Crippen LogP contribution is -2.44. The number of hydrogen-bond donors (Lipinski definition) is 0. The second-order valence-electron chi connectivity index (χ2n) is 9.44. The van der Waals surface area contributed by atoms with Gasteiger partial charge in [0.05, 0.1) is 11.1 Å². The second kappa shape index (κ2) is 9.12. The van der Waals surface area contributed by atoms with Crippen LogP contribution >= 0.6 is 22.7 Å². The number of pyridine rings is 2. The third-order valence-electron chi connectivity index (χ3n) is 7.28. The highest BCUT2D eigenvalue weighted by molar-refractivity contribution is 7.08. The van der Waals surface area contributed by atoms with E-state index in [0.29, 0.717) is 0 Å². The second-order valence-corrected chi connectivity index (χ2v) is 11.0. The molecule has 0 atom stereocenters. The molecule has 0 spiro atoms. The molecule has 0 amide bonds. The van der Waals surface area contributed by atoms with E-state index in [-0.39, 0.29) is 0 Å². The molecule has 174 valence electrons. The molecular weight excluding hydrogens is 477 g/mol. The predicted molar refractivity (Wildman–Crippen MR) is 152 cm³/mol. The van der Waals surface area contributed by atoms with Crippen molar-refractivity contribution in [1.29, 1.82) is 0 Å². The molecule has 0 fully saturated rings. The summed E-state index contributed by atoms with van der Waals surface area (Å²) in [4.78, 5) is 0. The van der Waals surface area contributed by atoms with Gasteiger partial charge in [0.15, 0.2) is 19.3 Å². The van der Waals surface area contributed by atoms with Gasteiger partial charge in [-0.3, -0.25) is 0 Å². The van der Waals surface area contributed by atoms with Gasteiger partial charge in [-0.25, -0.2) is 0 Å². The fourth-order valence-electron chi connectivity index (χ4n) is 5.53. The first-order valence-corrected chi connectivity index (χ1v) is 14.3. The van der Waals surface area contributed by atoms with Crippen molar-refractivity contribution >= 4 is 47.0 Å². The summed E-state index contributed by atoms with van der Waals surface area (Å²) in [6.45, 7) is 2.04. The van der Waals surface area contributed by atoms with Gasteiger partial charge in [-0.1, -0.05) is 24.3 Å². The molecule has 0 saturated heterocycles. The molecule has 4 heteroatoms. The highest BCUT2D eigenvalue weighted by Crippen LogP contribution is 2.39. The Morgan fingerprint density at radius 1 is 0.639 bits per heavy atom. The highest BCUT2D eigenvalue weighted by Gasteiger charge is 2.34. The monoisotopic (exact) mass is 502 g/mol. The topological polar surface area (TPSA) is 7.76 Å². The minimum Gasteiger partial charge on any atom is -0.198 e. The van der Waals surface area contributed by atoms with Crippen molar-refractivity contribution in [3.63, 3.8) is 0 Å². The van der Waals surface area contributed by atoms with E-state index in [1.807, 2.05) is 0 Å². The summed E-state index contributed by atoms with van der Waals surface area (Å²) in [7, 11) is 0. The van der Waals surface area contributed by atoms with Crippen molar-refractivity contribution in [3.8, 4) is 22.5 Å². The summed E-state index contributed by atoms with van der Waals surface area (Å²) in [5.41, 5.74) is 13.4. The van der Waals surface area contributed by atoms with Crippen LogP contribution in [0.4, 0.5) is 0 Å². The summed E-state index contributed by atoms with van der Waals surface area (Å²) in [6.07, 6.45) is 13.4. The zero-order valence-corrected chi connectivity index (χ0v) is 21.6. The summed E-state index contributed by atoms with van der Waals surface area (Å²) >= 11 is 3.48. The molecule has 0 saturated carbocycles. The quantitative estimate of drug-likeness (QED) is 0.230. The first kappa shape index (κ1) is 21.7. The smallest absolute Gasteiger partial charge is 0.198 e. The molecule has 0 bridgehead atoms. The maximum absolute atomic E-state index is 2.52. The molecule has 2 aliphatic heterocycles. The molecule has 0 N–H and O–H groups in total. The minimum absolute atomic E-state index is 0.994. The van der Waals surface area contributed by atoms with Gasteiger partial charge in [-0.2, -0.15) is 31.8 Å². The molecule has 7 rings (SSSR count). The lowest BCUT2D eigenvalue weighted by atomic mass is 9.84. The normalized spacial score (nSPS) is 14.0. The summed E-state index contributed by atoms with van der Waals surface area (Å²) < 4.78 is 4.94. The van der Waals surface area contributed by atoms with Gasteiger partial charge in [-0.05, 0) is 73.6 Å². The largest absolute Gasteiger partial charge is 0.214 e. The number of nitrogens with zero attached hydrogens (tertiary/aromatic N) is 2. The van der Waals surface area contributed by atoms with Gasteiger partial charge in [0.25, 0.3) is 0 Å². The van der Waals surface area contributed by atoms with E-state index in [1.54, 1.807) is 22.7 Å². The Labute approximate surface area is 219 Å². The number of benzene rings is 1. The fourth-order valence-corrected chi connectivity index (χ4v) is 6.79. The average Bonchev–Trinajstić information content (AvgIpc) is 3.64. The van der Waals surface area contributed by atoms with Crippen LogP contribution in [0.15, 0.2) is 82.3 Å². The summed E-state index contributed by atoms with van der Waals surface area (Å²) in [5.74, 6) is 0. The van der Waals surface area contributed by atoms with Gasteiger partial charge >= 0.3 is 0 Å². The molecule has 2 nitrogen and oxygen atoms in total. The molecule has 1 aromatic carbocycles. The van der Waals surface area contributed by atoms with Crippen LogP contribution in [0.3, 0.4) is 0 Å². The molecule has 2 aliphatic rings. The number of rotatable bonds is 4. The van der Waals surface area contributed by atoms with Crippen molar-refractivity contribution in [2.24, 2.45) is 0 Å². The third-order valence-corrected chi connectivity index (χ3v) is 8.68. The van der Waals surface area contributed by atoms with Gasteiger partial charge in [0.2, 0.25) is 17.1 Å². The standard InChI is InChI=1S/C32H26N2S2/c1-2-14-33-15-10-26-7-8-27-11-16-34-28(9-6-24-13-18-36-22-24)19-25(5-4-23-12-17-35-21-23)20-30(34)32(27)31(26)29(33)3-1/h1-9,12-14,17-22H,10-11,15-16H2/q+2/b5-4+,9-6+. The van der Waals surface area contributed by atoms with E-state index in [4.69, 9.17) is 0 Å². The van der Waals surface area contributed by atoms with E-state index in [0.717, 1.165) is 25.9 Å². The van der Waals surface area contributed by atoms with Crippen LogP contribution in [0.2, 0.25) is 0 Å². The molecule has 0 radical (unpaired) electrons. The van der Waals surface area contributed by atoms with E-state index in [9.17, 15) is 0 Å². The van der Waals surface area contributed by atoms with E-state index >= 15 is 0 Å². The van der Waals surface area contributed by atoms with Crippen LogP contribution in [0.5, 0.6) is 0 Å². The Morgan fingerprint density at radius 3 is 2.08 bits per heavy atom. The maximum atomic E-state index is 2.52. The minimum atomic E-state index is 0.994. The Bertz CT molecular complexity index is 1620. The zero-order chi connectivity index (χ0) is 23.9. The predicted octanol–water partition coefficient (Wildman–Crippen LogP) is 7.17. The molecule has 5 aromatic rings. The van der Waals surface area contributed by atoms with Gasteiger partial charge < -0.3 is 0 Å². The van der Waals surface area contributed by atoms with Crippen LogP contribution in [-0.4, -0.2) is 0 Å². The van der Waals surface area contributed by atoms with Crippen LogP contribution in [-0.2, 0) is 25.9 Å². The molecule has 36 heavy (non-hydrogen) atoms. The maximum Gasteiger partial charge on any atom is 0.214 e. The molecule has 0 unspecified atom stereocenters. The summed E-state index contributed by atoms with van der Waals surface area (Å²) in [6, 6.07) is 20.4. The Morgan fingerprint density at radius 2 is 1.33 bits per heavy atom. The van der Waals surface area contributed by atoms with Crippen molar-refractivity contribution in [1.82, 2.24) is 0 Å². The SMILES string of the molecule is C(=C\c1cc(/C=C/c2ccsc2)[n+]2c(c1)-c1c(ccc3c1-c1cccc[n+]1CC3)CC2)/c1ccsc1. The molecule has 4 aromatic heterocycles. The number of thiophene rings is 2. The Kier molecular flexibility index (Phi) is 5.49. The number of hydrogen-bond acceptors (Lipinski definition) is 2. The molecule has 0 aliphatic carbocycles. The number of aromatic nitrogens is 2. The molecule has 6 heterocycles. The van der Waals surface area contributed by atoms with Crippen molar-refractivity contribution < 1.29 is 9.13 Å². The number of fused-ring (bicyclic) bond motifs is 7. The average molecular weight is 503 g/mol. The first-order valence-electron chi connectivity index (χ1n) is 12.5. The van der Waals surface area contributed by atoms with Crippen molar-refractivity contribution in [3.05, 3.63) is 116 Å². The van der Waals surface area contributed by atoms with Crippen LogP contribution in [0, 0.1) is 0 Å². The lowest BCUT2D eigenvalue weighted by Gasteiger charge is -2.23. The van der Waals surface area contributed by atoms with Crippen LogP contribution in [0.1, 0.15) is 33.5 Å². The van der Waals surface area contributed by atoms with Crippen molar-refractivity contribution in [2.75, 3.05) is 0 Å². The Balaban J connectivity index is 1.45. The fraction of sp³-hybridized carbons (Fsp3) is 0.125. The van der Waals surface area contributed by atoms with Gasteiger partial charge in [-0.15, -0.1) is 0 Å². The van der Waals surface area contributed by atoms with Crippen LogP contribution in [0.25, 0.3) is 46.8 Å². The van der Waals surface area contributed by atoms with Gasteiger partial charge in [0.1, 0.15) is 0 Å². The van der Waals surface area contributed by atoms with E-state index in [2.05, 4.69) is 116 Å². The van der Waals surface area contributed by atoms with Gasteiger partial charge in [0, 0.05) is 43.2 Å². The van der Waals surface area contributed by atoms with Crippen molar-refractivity contribution in [2.45, 2.75) is 25.9 Å². The van der Waals surface area contributed by atoms with E-state index in [1.165, 1.54) is 56.0 Å².